The third kappa shape index (κ3) is 4.67. The van der Waals surface area contributed by atoms with Gasteiger partial charge in [-0.3, -0.25) is 0 Å². The van der Waals surface area contributed by atoms with Crippen molar-refractivity contribution < 1.29 is 9.53 Å². The largest absolute Gasteiger partial charge is 0.465 e. The van der Waals surface area contributed by atoms with Crippen molar-refractivity contribution >= 4 is 39.8 Å². The summed E-state index contributed by atoms with van der Waals surface area (Å²) in [4.78, 5) is 11.8. The second-order valence-electron chi connectivity index (χ2n) is 6.59. The van der Waals surface area contributed by atoms with Gasteiger partial charge < -0.3 is 15.4 Å². The predicted molar refractivity (Wildman–Crippen MR) is 119 cm³/mol. The monoisotopic (exact) mass is 392 g/mol. The van der Waals surface area contributed by atoms with E-state index >= 15 is 0 Å². The molecule has 0 saturated heterocycles. The molecule has 0 unspecified atom stereocenters. The van der Waals surface area contributed by atoms with Crippen LogP contribution in [-0.4, -0.2) is 24.7 Å². The molecule has 0 amide bonds. The van der Waals surface area contributed by atoms with Gasteiger partial charge in [0.2, 0.25) is 0 Å². The van der Waals surface area contributed by atoms with Crippen LogP contribution >= 0.6 is 12.2 Å². The average molecular weight is 393 g/mol. The second-order valence-corrected chi connectivity index (χ2v) is 7.00. The zero-order chi connectivity index (χ0) is 19.9. The fraction of sp³-hybridized carbons (Fsp3) is 0.217. The van der Waals surface area contributed by atoms with E-state index in [2.05, 4.69) is 53.1 Å². The number of esters is 1. The Kier molecular flexibility index (Phi) is 6.61. The smallest absolute Gasteiger partial charge is 0.338 e. The minimum atomic E-state index is -0.352. The van der Waals surface area contributed by atoms with Gasteiger partial charge in [0.15, 0.2) is 5.11 Å². The highest BCUT2D eigenvalue weighted by molar-refractivity contribution is 7.80. The number of fused-ring (bicyclic) bond motifs is 1. The molecule has 0 fully saturated rings. The maximum absolute atomic E-state index is 11.8. The third-order valence-corrected chi connectivity index (χ3v) is 5.02. The molecule has 5 heteroatoms. The molecule has 144 valence electrons. The molecule has 0 saturated carbocycles. The van der Waals surface area contributed by atoms with Crippen LogP contribution in [0.1, 0.15) is 27.9 Å². The predicted octanol–water partition coefficient (Wildman–Crippen LogP) is 4.85. The lowest BCUT2D eigenvalue weighted by Gasteiger charge is -2.14. The van der Waals surface area contributed by atoms with Crippen LogP contribution in [0.2, 0.25) is 0 Å². The highest BCUT2D eigenvalue weighted by Crippen LogP contribution is 2.20. The molecule has 0 aliphatic heterocycles. The number of benzene rings is 3. The first kappa shape index (κ1) is 19.8. The Bertz CT molecular complexity index is 996. The first-order valence-electron chi connectivity index (χ1n) is 9.29. The number of ether oxygens (including phenoxy) is 1. The molecule has 0 aliphatic rings. The molecular formula is C23H24N2O2S. The number of hydrogen-bond acceptors (Lipinski definition) is 3. The number of nitrogens with one attached hydrogen (secondary N) is 2. The van der Waals surface area contributed by atoms with Crippen molar-refractivity contribution in [1.29, 1.82) is 0 Å². The third-order valence-electron chi connectivity index (χ3n) is 4.78. The van der Waals surface area contributed by atoms with Crippen molar-refractivity contribution in [2.45, 2.75) is 19.8 Å². The molecular weight excluding hydrogens is 368 g/mol. The number of carbonyl (C=O) groups excluding carboxylic acids is 1. The van der Waals surface area contributed by atoms with E-state index in [4.69, 9.17) is 17.0 Å². The standard InChI is InChI=1S/C23H24N2O2S/c1-16-19(22(26)27-2)13-6-14-21(16)25-23(28)24-15-7-11-18-10-5-9-17-8-3-4-12-20(17)18/h3-6,8-10,12-14H,7,11,15H2,1-2H3,(H2,24,25,28). The SMILES string of the molecule is COC(=O)c1cccc(NC(=S)NCCCc2cccc3ccccc23)c1C. The lowest BCUT2D eigenvalue weighted by molar-refractivity contribution is 0.0600. The fourth-order valence-electron chi connectivity index (χ4n) is 3.26. The molecule has 0 bridgehead atoms. The first-order chi connectivity index (χ1) is 13.6. The average Bonchev–Trinajstić information content (AvgIpc) is 2.72. The van der Waals surface area contributed by atoms with Gasteiger partial charge in [0.25, 0.3) is 0 Å². The summed E-state index contributed by atoms with van der Waals surface area (Å²) in [6, 6.07) is 20.3. The summed E-state index contributed by atoms with van der Waals surface area (Å²) in [6.45, 7) is 2.64. The van der Waals surface area contributed by atoms with Crippen molar-refractivity contribution in [2.75, 3.05) is 19.0 Å². The molecule has 3 rings (SSSR count). The zero-order valence-corrected chi connectivity index (χ0v) is 16.9. The minimum absolute atomic E-state index is 0.352. The van der Waals surface area contributed by atoms with E-state index in [1.807, 2.05) is 19.1 Å². The van der Waals surface area contributed by atoms with Gasteiger partial charge in [0.1, 0.15) is 0 Å². The first-order valence-corrected chi connectivity index (χ1v) is 9.70. The van der Waals surface area contributed by atoms with Gasteiger partial charge in [-0.05, 0) is 66.0 Å². The lowest BCUT2D eigenvalue weighted by Crippen LogP contribution is -2.30. The molecule has 3 aromatic rings. The molecule has 0 aromatic heterocycles. The van der Waals surface area contributed by atoms with Gasteiger partial charge in [0.05, 0.1) is 12.7 Å². The Morgan fingerprint density at radius 3 is 2.61 bits per heavy atom. The number of anilines is 1. The molecule has 28 heavy (non-hydrogen) atoms. The molecule has 2 N–H and O–H groups in total. The molecule has 0 aliphatic carbocycles. The number of thiocarbonyl (C=S) groups is 1. The Balaban J connectivity index is 1.53. The normalized spacial score (nSPS) is 10.5. The van der Waals surface area contributed by atoms with Gasteiger partial charge in [0, 0.05) is 12.2 Å². The van der Waals surface area contributed by atoms with Crippen LogP contribution in [0.25, 0.3) is 10.8 Å². The molecule has 0 spiro atoms. The van der Waals surface area contributed by atoms with Crippen LogP contribution in [0.3, 0.4) is 0 Å². The summed E-state index contributed by atoms with van der Waals surface area (Å²) < 4.78 is 4.81. The molecule has 0 atom stereocenters. The highest BCUT2D eigenvalue weighted by Gasteiger charge is 2.12. The van der Waals surface area contributed by atoms with Crippen LogP contribution < -0.4 is 10.6 Å². The number of carbonyl (C=O) groups is 1. The van der Waals surface area contributed by atoms with E-state index in [0.717, 1.165) is 30.6 Å². The summed E-state index contributed by atoms with van der Waals surface area (Å²) >= 11 is 5.40. The van der Waals surface area contributed by atoms with Gasteiger partial charge >= 0.3 is 5.97 Å². The van der Waals surface area contributed by atoms with E-state index in [1.165, 1.54) is 23.4 Å². The van der Waals surface area contributed by atoms with Crippen molar-refractivity contribution in [3.63, 3.8) is 0 Å². The summed E-state index contributed by atoms with van der Waals surface area (Å²) in [6.07, 6.45) is 1.95. The van der Waals surface area contributed by atoms with Crippen LogP contribution in [0.4, 0.5) is 5.69 Å². The number of hydrogen-bond donors (Lipinski definition) is 2. The zero-order valence-electron chi connectivity index (χ0n) is 16.1. The fourth-order valence-corrected chi connectivity index (χ4v) is 3.47. The van der Waals surface area contributed by atoms with E-state index in [1.54, 1.807) is 6.07 Å². The maximum Gasteiger partial charge on any atom is 0.338 e. The van der Waals surface area contributed by atoms with Crippen molar-refractivity contribution in [3.8, 4) is 0 Å². The van der Waals surface area contributed by atoms with Gasteiger partial charge in [-0.25, -0.2) is 4.79 Å². The van der Waals surface area contributed by atoms with Gasteiger partial charge in [-0.15, -0.1) is 0 Å². The van der Waals surface area contributed by atoms with Crippen LogP contribution in [-0.2, 0) is 11.2 Å². The highest BCUT2D eigenvalue weighted by atomic mass is 32.1. The van der Waals surface area contributed by atoms with Gasteiger partial charge in [-0.2, -0.15) is 0 Å². The summed E-state index contributed by atoms with van der Waals surface area (Å²) in [5.41, 5.74) is 3.50. The van der Waals surface area contributed by atoms with Gasteiger partial charge in [-0.1, -0.05) is 48.5 Å². The molecule has 0 heterocycles. The topological polar surface area (TPSA) is 50.4 Å². The number of rotatable bonds is 6. The number of aryl methyl sites for hydroxylation is 1. The van der Waals surface area contributed by atoms with E-state index < -0.39 is 0 Å². The van der Waals surface area contributed by atoms with E-state index in [9.17, 15) is 4.79 Å². The summed E-state index contributed by atoms with van der Waals surface area (Å²) in [7, 11) is 1.38. The maximum atomic E-state index is 11.8. The summed E-state index contributed by atoms with van der Waals surface area (Å²) in [5, 5.41) is 9.53. The second kappa shape index (κ2) is 9.33. The lowest BCUT2D eigenvalue weighted by atomic mass is 10.0. The van der Waals surface area contributed by atoms with E-state index in [-0.39, 0.29) is 5.97 Å². The molecule has 3 aromatic carbocycles. The van der Waals surface area contributed by atoms with Crippen LogP contribution in [0, 0.1) is 6.92 Å². The minimum Gasteiger partial charge on any atom is -0.465 e. The Hall–Kier alpha value is -2.92. The Morgan fingerprint density at radius 1 is 1.04 bits per heavy atom. The summed E-state index contributed by atoms with van der Waals surface area (Å²) in [5.74, 6) is -0.352. The van der Waals surface area contributed by atoms with E-state index in [0.29, 0.717) is 10.7 Å². The van der Waals surface area contributed by atoms with Crippen molar-refractivity contribution in [1.82, 2.24) is 5.32 Å². The quantitative estimate of drug-likeness (QED) is 0.357. The van der Waals surface area contributed by atoms with Crippen molar-refractivity contribution in [3.05, 3.63) is 77.4 Å². The van der Waals surface area contributed by atoms with Crippen LogP contribution in [0.5, 0.6) is 0 Å². The number of methoxy groups -OCH3 is 1. The Morgan fingerprint density at radius 2 is 1.79 bits per heavy atom. The van der Waals surface area contributed by atoms with Crippen LogP contribution in [0.15, 0.2) is 60.7 Å². The molecule has 0 radical (unpaired) electrons. The van der Waals surface area contributed by atoms with Crippen molar-refractivity contribution in [2.24, 2.45) is 0 Å². The Labute approximate surface area is 170 Å². The molecule has 4 nitrogen and oxygen atoms in total.